The van der Waals surface area contributed by atoms with Gasteiger partial charge in [0, 0.05) is 25.3 Å². The Bertz CT molecular complexity index is 652. The van der Waals surface area contributed by atoms with Gasteiger partial charge in [-0.2, -0.15) is 0 Å². The number of aliphatic carboxylic acids is 1. The number of carboxylic acids is 1. The van der Waals surface area contributed by atoms with Crippen LogP contribution in [0.1, 0.15) is 17.0 Å². The van der Waals surface area contributed by atoms with Crippen LogP contribution in [0.4, 0.5) is 5.69 Å². The Morgan fingerprint density at radius 2 is 1.91 bits per heavy atom. The molecule has 4 heteroatoms. The highest BCUT2D eigenvalue weighted by Gasteiger charge is 2.23. The van der Waals surface area contributed by atoms with Gasteiger partial charge >= 0.3 is 5.97 Å². The van der Waals surface area contributed by atoms with E-state index in [1.165, 1.54) is 0 Å². The number of hydrogen-bond donors (Lipinski definition) is 1. The highest BCUT2D eigenvalue weighted by atomic mass is 16.5. The second kappa shape index (κ2) is 6.98. The molecule has 0 bridgehead atoms. The maximum Gasteiger partial charge on any atom is 0.311 e. The average molecular weight is 299 g/mol. The minimum Gasteiger partial charge on any atom is -0.496 e. The van der Waals surface area contributed by atoms with Crippen LogP contribution in [0.2, 0.25) is 0 Å². The summed E-state index contributed by atoms with van der Waals surface area (Å²) >= 11 is 0. The van der Waals surface area contributed by atoms with Gasteiger partial charge in [-0.05, 0) is 30.2 Å². The fraction of sp³-hybridized carbons (Fsp3) is 0.278. The van der Waals surface area contributed by atoms with Gasteiger partial charge in [-0.15, -0.1) is 0 Å². The second-order valence-electron chi connectivity index (χ2n) is 5.40. The van der Waals surface area contributed by atoms with Gasteiger partial charge in [-0.25, -0.2) is 0 Å². The summed E-state index contributed by atoms with van der Waals surface area (Å²) in [7, 11) is 5.49. The van der Waals surface area contributed by atoms with Crippen molar-refractivity contribution in [3.63, 3.8) is 0 Å². The quantitative estimate of drug-likeness (QED) is 0.890. The lowest BCUT2D eigenvalue weighted by Gasteiger charge is -2.18. The summed E-state index contributed by atoms with van der Waals surface area (Å²) in [6.07, 6.45) is 0.428. The summed E-state index contributed by atoms with van der Waals surface area (Å²) in [6.45, 7) is 0. The molecule has 1 unspecified atom stereocenters. The normalized spacial score (nSPS) is 11.8. The van der Waals surface area contributed by atoms with E-state index < -0.39 is 11.9 Å². The summed E-state index contributed by atoms with van der Waals surface area (Å²) in [4.78, 5) is 13.7. The van der Waals surface area contributed by atoms with Gasteiger partial charge in [0.1, 0.15) is 5.75 Å². The Morgan fingerprint density at radius 1 is 1.18 bits per heavy atom. The van der Waals surface area contributed by atoms with Crippen molar-refractivity contribution in [2.45, 2.75) is 12.3 Å². The molecule has 0 aromatic heterocycles. The Hall–Kier alpha value is -2.49. The van der Waals surface area contributed by atoms with Crippen molar-refractivity contribution >= 4 is 11.7 Å². The van der Waals surface area contributed by atoms with E-state index in [0.29, 0.717) is 17.7 Å². The number of hydrogen-bond acceptors (Lipinski definition) is 3. The number of methoxy groups -OCH3 is 1. The van der Waals surface area contributed by atoms with Crippen LogP contribution in [-0.2, 0) is 11.2 Å². The molecule has 0 aliphatic carbocycles. The third kappa shape index (κ3) is 3.58. The van der Waals surface area contributed by atoms with Crippen molar-refractivity contribution in [1.82, 2.24) is 0 Å². The molecule has 0 saturated carbocycles. The maximum atomic E-state index is 11.7. The van der Waals surface area contributed by atoms with E-state index in [4.69, 9.17) is 4.74 Å². The van der Waals surface area contributed by atoms with Crippen molar-refractivity contribution in [1.29, 1.82) is 0 Å². The van der Waals surface area contributed by atoms with Gasteiger partial charge in [0.25, 0.3) is 0 Å². The topological polar surface area (TPSA) is 49.8 Å². The maximum absolute atomic E-state index is 11.7. The third-order valence-electron chi connectivity index (χ3n) is 3.68. The Kier molecular flexibility index (Phi) is 5.04. The van der Waals surface area contributed by atoms with E-state index in [9.17, 15) is 9.90 Å². The van der Waals surface area contributed by atoms with Crippen LogP contribution in [0.25, 0.3) is 0 Å². The Morgan fingerprint density at radius 3 is 2.55 bits per heavy atom. The predicted octanol–water partition coefficient (Wildman–Crippen LogP) is 3.17. The molecule has 0 aliphatic rings. The van der Waals surface area contributed by atoms with Gasteiger partial charge < -0.3 is 14.7 Å². The van der Waals surface area contributed by atoms with Crippen LogP contribution >= 0.6 is 0 Å². The zero-order valence-electron chi connectivity index (χ0n) is 13.1. The van der Waals surface area contributed by atoms with Crippen LogP contribution in [0.5, 0.6) is 5.75 Å². The summed E-state index contributed by atoms with van der Waals surface area (Å²) in [5, 5.41) is 9.62. The summed E-state index contributed by atoms with van der Waals surface area (Å²) in [5.74, 6) is -0.869. The van der Waals surface area contributed by atoms with Crippen LogP contribution in [0.15, 0.2) is 48.5 Å². The van der Waals surface area contributed by atoms with Crippen molar-refractivity contribution in [2.75, 3.05) is 26.1 Å². The number of nitrogens with zero attached hydrogens (tertiary/aromatic N) is 1. The van der Waals surface area contributed by atoms with Crippen LogP contribution in [0, 0.1) is 0 Å². The van der Waals surface area contributed by atoms with Crippen molar-refractivity contribution in [3.05, 3.63) is 59.7 Å². The molecular weight excluding hydrogens is 278 g/mol. The van der Waals surface area contributed by atoms with Crippen molar-refractivity contribution < 1.29 is 14.6 Å². The summed E-state index contributed by atoms with van der Waals surface area (Å²) in [6, 6.07) is 15.2. The number of rotatable bonds is 6. The third-order valence-corrected chi connectivity index (χ3v) is 3.68. The number of carboxylic acid groups (broad SMARTS) is 1. The standard InChI is InChI=1S/C18H21NO3/c1-19(2)14-8-6-7-13(11-14)12-16(18(20)21)15-9-4-5-10-17(15)22-3/h4-11,16H,12H2,1-3H3,(H,20,21). The first-order valence-corrected chi connectivity index (χ1v) is 7.15. The van der Waals surface area contributed by atoms with E-state index in [-0.39, 0.29) is 0 Å². The number of ether oxygens (including phenoxy) is 1. The Labute approximate surface area is 131 Å². The molecule has 1 atom stereocenters. The van der Waals surface area contributed by atoms with E-state index in [2.05, 4.69) is 0 Å². The molecule has 2 rings (SSSR count). The molecular formula is C18H21NO3. The van der Waals surface area contributed by atoms with E-state index >= 15 is 0 Å². The molecule has 0 saturated heterocycles. The molecule has 2 aromatic rings. The first kappa shape index (κ1) is 15.9. The molecule has 4 nitrogen and oxygen atoms in total. The van der Waals surface area contributed by atoms with Gasteiger partial charge in [0.15, 0.2) is 0 Å². The molecule has 0 radical (unpaired) electrons. The molecule has 22 heavy (non-hydrogen) atoms. The zero-order chi connectivity index (χ0) is 16.1. The minimum atomic E-state index is -0.847. The van der Waals surface area contributed by atoms with Crippen LogP contribution in [-0.4, -0.2) is 32.3 Å². The molecule has 116 valence electrons. The largest absolute Gasteiger partial charge is 0.496 e. The molecule has 2 aromatic carbocycles. The monoisotopic (exact) mass is 299 g/mol. The lowest BCUT2D eigenvalue weighted by atomic mass is 9.91. The van der Waals surface area contributed by atoms with E-state index in [1.54, 1.807) is 13.2 Å². The van der Waals surface area contributed by atoms with Crippen molar-refractivity contribution in [3.8, 4) is 5.75 Å². The molecule has 1 N–H and O–H groups in total. The predicted molar refractivity (Wildman–Crippen MR) is 87.8 cm³/mol. The van der Waals surface area contributed by atoms with Gasteiger partial charge in [0.2, 0.25) is 0 Å². The lowest BCUT2D eigenvalue weighted by molar-refractivity contribution is -0.138. The summed E-state index contributed by atoms with van der Waals surface area (Å²) in [5.41, 5.74) is 2.75. The van der Waals surface area contributed by atoms with Gasteiger partial charge in [-0.3, -0.25) is 4.79 Å². The lowest BCUT2D eigenvalue weighted by Crippen LogP contribution is -2.16. The van der Waals surface area contributed by atoms with Gasteiger partial charge in [0.05, 0.1) is 13.0 Å². The number of para-hydroxylation sites is 1. The smallest absolute Gasteiger partial charge is 0.311 e. The molecule has 0 heterocycles. The second-order valence-corrected chi connectivity index (χ2v) is 5.40. The van der Waals surface area contributed by atoms with Crippen LogP contribution < -0.4 is 9.64 Å². The Balaban J connectivity index is 2.34. The zero-order valence-corrected chi connectivity index (χ0v) is 13.1. The van der Waals surface area contributed by atoms with E-state index in [0.717, 1.165) is 11.3 Å². The molecule has 0 fully saturated rings. The van der Waals surface area contributed by atoms with Crippen molar-refractivity contribution in [2.24, 2.45) is 0 Å². The highest BCUT2D eigenvalue weighted by Crippen LogP contribution is 2.30. The molecule has 0 spiro atoms. The fourth-order valence-corrected chi connectivity index (χ4v) is 2.48. The highest BCUT2D eigenvalue weighted by molar-refractivity contribution is 5.77. The fourth-order valence-electron chi connectivity index (χ4n) is 2.48. The minimum absolute atomic E-state index is 0.428. The van der Waals surface area contributed by atoms with Crippen LogP contribution in [0.3, 0.4) is 0 Å². The number of anilines is 1. The van der Waals surface area contributed by atoms with E-state index in [1.807, 2.05) is 61.5 Å². The first-order chi connectivity index (χ1) is 10.5. The number of carbonyl (C=O) groups is 1. The SMILES string of the molecule is COc1ccccc1C(Cc1cccc(N(C)C)c1)C(=O)O. The first-order valence-electron chi connectivity index (χ1n) is 7.15. The average Bonchev–Trinajstić information content (AvgIpc) is 2.52. The number of benzene rings is 2. The summed E-state index contributed by atoms with van der Waals surface area (Å²) < 4.78 is 5.30. The molecule has 0 aliphatic heterocycles. The molecule has 0 amide bonds. The van der Waals surface area contributed by atoms with Gasteiger partial charge in [-0.1, -0.05) is 30.3 Å².